The van der Waals surface area contributed by atoms with Gasteiger partial charge in [-0.3, -0.25) is 0 Å². The van der Waals surface area contributed by atoms with Crippen LogP contribution in [0.3, 0.4) is 0 Å². The van der Waals surface area contributed by atoms with Crippen LogP contribution in [0.15, 0.2) is 0 Å². The van der Waals surface area contributed by atoms with E-state index in [1.165, 1.54) is 0 Å². The van der Waals surface area contributed by atoms with E-state index in [1.54, 1.807) is 0 Å². The molecule has 0 aromatic heterocycles. The zero-order valence-corrected chi connectivity index (χ0v) is 7.46. The summed E-state index contributed by atoms with van der Waals surface area (Å²) < 4.78 is 0. The third-order valence-electron chi connectivity index (χ3n) is 0. The SMILES string of the molecule is [AlH3].[Hf].[Ni].[Ti]. The van der Waals surface area contributed by atoms with E-state index in [-0.39, 0.29) is 81.4 Å². The number of hydrogen-bond acceptors (Lipinski definition) is 0. The van der Waals surface area contributed by atoms with E-state index in [0.717, 1.165) is 0 Å². The second-order valence-corrected chi connectivity index (χ2v) is 0. The second-order valence-electron chi connectivity index (χ2n) is 0. The van der Waals surface area contributed by atoms with Crippen LogP contribution in [0.2, 0.25) is 0 Å². The van der Waals surface area contributed by atoms with Crippen LogP contribution in [0.5, 0.6) is 0 Å². The molecule has 0 aliphatic carbocycles. The molecule has 0 radical (unpaired) electrons. The summed E-state index contributed by atoms with van der Waals surface area (Å²) in [7, 11) is 0. The van der Waals surface area contributed by atoms with Gasteiger partial charge in [-0.1, -0.05) is 0 Å². The monoisotopic (exact) mass is 316 g/mol. The van der Waals surface area contributed by atoms with E-state index in [4.69, 9.17) is 0 Å². The third-order valence-corrected chi connectivity index (χ3v) is 0. The topological polar surface area (TPSA) is 0 Å². The van der Waals surface area contributed by atoms with Gasteiger partial charge in [-0.15, -0.1) is 0 Å². The van der Waals surface area contributed by atoms with Crippen molar-refractivity contribution in [2.24, 2.45) is 0 Å². The molecular formula is H3AlHfNiTi. The largest absolute Gasteiger partial charge is 0.187 e. The van der Waals surface area contributed by atoms with E-state index in [9.17, 15) is 0 Å². The molecule has 0 saturated heterocycles. The maximum atomic E-state index is 0. The summed E-state index contributed by atoms with van der Waals surface area (Å²) >= 11 is 0. The fourth-order valence-corrected chi connectivity index (χ4v) is 0. The predicted molar refractivity (Wildman–Crippen MR) is 9.94 cm³/mol. The molecule has 0 fully saturated rings. The first-order valence-electron chi connectivity index (χ1n) is 0. The number of rotatable bonds is 0. The molecule has 0 nitrogen and oxygen atoms in total. The van der Waals surface area contributed by atoms with Crippen molar-refractivity contribution in [1.82, 2.24) is 0 Å². The van der Waals surface area contributed by atoms with Crippen LogP contribution >= 0.6 is 0 Å². The average Bonchev–Trinajstić information content (AvgIpc) is 0. The Bertz CT molecular complexity index is 8.00. The fourth-order valence-electron chi connectivity index (χ4n) is 0. The van der Waals surface area contributed by atoms with E-state index < -0.39 is 0 Å². The van der Waals surface area contributed by atoms with Crippen molar-refractivity contribution in [3.63, 3.8) is 0 Å². The quantitative estimate of drug-likeness (QED) is 0.493. The van der Waals surface area contributed by atoms with Gasteiger partial charge in [0.2, 0.25) is 0 Å². The van der Waals surface area contributed by atoms with Gasteiger partial charge in [-0.2, -0.15) is 0 Å². The summed E-state index contributed by atoms with van der Waals surface area (Å²) in [4.78, 5) is 0. The van der Waals surface area contributed by atoms with Gasteiger partial charge in [0.05, 0.1) is 0 Å². The minimum atomic E-state index is 0. The Balaban J connectivity index is 0. The van der Waals surface area contributed by atoms with Crippen molar-refractivity contribution < 1.29 is 64.1 Å². The van der Waals surface area contributed by atoms with Crippen LogP contribution in [0.25, 0.3) is 0 Å². The van der Waals surface area contributed by atoms with Crippen LogP contribution < -0.4 is 0 Å². The molecule has 0 N–H and O–H groups in total. The van der Waals surface area contributed by atoms with Gasteiger partial charge in [0.25, 0.3) is 0 Å². The fraction of sp³-hybridized carbons (Fsp3) is 0. The molecule has 4 heavy (non-hydrogen) atoms. The van der Waals surface area contributed by atoms with E-state index in [0.29, 0.717) is 0 Å². The molecule has 0 atom stereocenters. The van der Waals surface area contributed by atoms with E-state index in [1.807, 2.05) is 0 Å². The van der Waals surface area contributed by atoms with Crippen molar-refractivity contribution in [3.05, 3.63) is 0 Å². The summed E-state index contributed by atoms with van der Waals surface area (Å²) in [5.74, 6) is 0. The molecule has 0 aliphatic rings. The first-order chi connectivity index (χ1) is 0. The van der Waals surface area contributed by atoms with Gasteiger partial charge in [-0.05, 0) is 0 Å². The molecule has 0 aromatic carbocycles. The molecule has 0 rings (SSSR count). The van der Waals surface area contributed by atoms with Crippen molar-refractivity contribution in [2.45, 2.75) is 0 Å². The molecule has 0 bridgehead atoms. The Morgan fingerprint density at radius 1 is 1.00 bits per heavy atom. The molecular weight excluding hydrogens is 312 g/mol. The summed E-state index contributed by atoms with van der Waals surface area (Å²) in [5.41, 5.74) is 0. The Labute approximate surface area is 80.2 Å². The average molecular weight is 315 g/mol. The Hall–Kier alpha value is 2.61. The van der Waals surface area contributed by atoms with Crippen molar-refractivity contribution in [3.8, 4) is 0 Å². The van der Waals surface area contributed by atoms with Crippen LogP contribution in [0.1, 0.15) is 0 Å². The molecule has 0 saturated carbocycles. The minimum Gasteiger partial charge on any atom is 0 e. The van der Waals surface area contributed by atoms with Gasteiger partial charge < -0.3 is 0 Å². The van der Waals surface area contributed by atoms with E-state index in [2.05, 4.69) is 0 Å². The number of hydrogen-bond donors (Lipinski definition) is 0. The maximum Gasteiger partial charge on any atom is 0.187 e. The van der Waals surface area contributed by atoms with Gasteiger partial charge in [0.15, 0.2) is 17.4 Å². The summed E-state index contributed by atoms with van der Waals surface area (Å²) in [6.45, 7) is 0. The van der Waals surface area contributed by atoms with E-state index >= 15 is 0 Å². The van der Waals surface area contributed by atoms with Crippen molar-refractivity contribution >= 4 is 17.4 Å². The van der Waals surface area contributed by atoms with Gasteiger partial charge in [0, 0.05) is 64.1 Å². The second kappa shape index (κ2) is 17.5. The zero-order valence-electron chi connectivity index (χ0n) is 1.32. The molecule has 4 heteroatoms. The van der Waals surface area contributed by atoms with Crippen LogP contribution in [0, 0.1) is 0 Å². The molecule has 0 aliphatic heterocycles. The molecule has 24 valence electrons. The minimum absolute atomic E-state index is 0. The van der Waals surface area contributed by atoms with Crippen molar-refractivity contribution in [1.29, 1.82) is 0 Å². The van der Waals surface area contributed by atoms with Gasteiger partial charge in [-0.25, -0.2) is 0 Å². The summed E-state index contributed by atoms with van der Waals surface area (Å²) in [5, 5.41) is 0. The van der Waals surface area contributed by atoms with Gasteiger partial charge in [0.1, 0.15) is 0 Å². The molecule has 0 unspecified atom stereocenters. The van der Waals surface area contributed by atoms with Crippen LogP contribution in [-0.4, -0.2) is 17.4 Å². The standard InChI is InChI=1S/Al.Hf.Ni.Ti.3H. The van der Waals surface area contributed by atoms with Crippen LogP contribution in [0.4, 0.5) is 0 Å². The Morgan fingerprint density at radius 3 is 1.00 bits per heavy atom. The summed E-state index contributed by atoms with van der Waals surface area (Å²) in [6.07, 6.45) is 0. The molecule has 0 aromatic rings. The first kappa shape index (κ1) is 30.5. The Morgan fingerprint density at radius 2 is 1.00 bits per heavy atom. The molecule has 0 spiro atoms. The summed E-state index contributed by atoms with van der Waals surface area (Å²) in [6, 6.07) is 0. The van der Waals surface area contributed by atoms with Crippen LogP contribution in [-0.2, 0) is 64.1 Å². The third kappa shape index (κ3) is 8.82. The zero-order chi connectivity index (χ0) is 0. The normalized spacial score (nSPS) is 0. The predicted octanol–water partition coefficient (Wildman–Crippen LogP) is -1.19. The molecule has 0 amide bonds. The molecule has 0 heterocycles. The van der Waals surface area contributed by atoms with Gasteiger partial charge >= 0.3 is 0 Å². The van der Waals surface area contributed by atoms with Crippen molar-refractivity contribution in [2.75, 3.05) is 0 Å². The smallest absolute Gasteiger partial charge is 0 e. The Kier molecular flexibility index (Phi) is 134. The maximum absolute atomic E-state index is 0. The first-order valence-corrected chi connectivity index (χ1v) is 0.